The molecule has 1 N–H and O–H groups in total. The number of ether oxygens (including phenoxy) is 2. The fourth-order valence-corrected chi connectivity index (χ4v) is 4.60. The van der Waals surface area contributed by atoms with E-state index < -0.39 is 17.8 Å². The molecule has 4 rings (SSSR count). The summed E-state index contributed by atoms with van der Waals surface area (Å²) in [6, 6.07) is 5.39. The van der Waals surface area contributed by atoms with Crippen LogP contribution >= 0.6 is 0 Å². The van der Waals surface area contributed by atoms with Crippen molar-refractivity contribution in [1.29, 1.82) is 0 Å². The second kappa shape index (κ2) is 9.92. The first kappa shape index (κ1) is 22.0. The molecule has 7 heteroatoms. The van der Waals surface area contributed by atoms with Crippen LogP contribution in [0.3, 0.4) is 0 Å². The van der Waals surface area contributed by atoms with E-state index in [1.807, 2.05) is 6.07 Å². The number of hydrogen-bond acceptors (Lipinski definition) is 5. The smallest absolute Gasteiger partial charge is 0.161 e. The van der Waals surface area contributed by atoms with E-state index in [4.69, 9.17) is 9.47 Å². The van der Waals surface area contributed by atoms with Crippen LogP contribution in [0.1, 0.15) is 43.8 Å². The zero-order chi connectivity index (χ0) is 21.8. The largest absolute Gasteiger partial charge is 0.486 e. The molecule has 2 aliphatic heterocycles. The second-order valence-corrected chi connectivity index (χ2v) is 8.64. The van der Waals surface area contributed by atoms with Crippen LogP contribution < -0.4 is 9.47 Å². The number of aliphatic hydroxyl groups excluding tert-OH is 1. The number of rotatable bonds is 8. The zero-order valence-corrected chi connectivity index (χ0v) is 17.6. The minimum absolute atomic E-state index is 0.0504. The number of fused-ring (bicyclic) bond motifs is 1. The maximum absolute atomic E-state index is 13.6. The molecular formula is C24H29F2NO4. The minimum Gasteiger partial charge on any atom is -0.486 e. The molecule has 0 radical (unpaired) electrons. The molecule has 1 fully saturated rings. The van der Waals surface area contributed by atoms with Crippen molar-refractivity contribution in [2.45, 2.75) is 38.2 Å². The van der Waals surface area contributed by atoms with Gasteiger partial charge in [-0.3, -0.25) is 4.79 Å². The summed E-state index contributed by atoms with van der Waals surface area (Å²) in [5.74, 6) is -1.09. The molecule has 0 spiro atoms. The van der Waals surface area contributed by atoms with Crippen molar-refractivity contribution in [2.75, 3.05) is 32.8 Å². The SMILES string of the molecule is O=C(CC1C=CC(F)=C(F)C1)CC(CN1CCCC1)C(O)c1ccc2c(c1)OCCO2. The molecule has 3 aliphatic rings. The fraction of sp³-hybridized carbons (Fsp3) is 0.542. The van der Waals surface area contributed by atoms with E-state index in [9.17, 15) is 18.7 Å². The molecule has 5 nitrogen and oxygen atoms in total. The average Bonchev–Trinajstić information content (AvgIpc) is 3.28. The van der Waals surface area contributed by atoms with Crippen molar-refractivity contribution in [2.24, 2.45) is 11.8 Å². The number of nitrogens with zero attached hydrogens (tertiary/aromatic N) is 1. The minimum atomic E-state index is -0.857. The second-order valence-electron chi connectivity index (χ2n) is 8.64. The van der Waals surface area contributed by atoms with Gasteiger partial charge in [-0.05, 0) is 55.6 Å². The molecule has 0 amide bonds. The maximum Gasteiger partial charge on any atom is 0.161 e. The Morgan fingerprint density at radius 3 is 2.65 bits per heavy atom. The predicted octanol–water partition coefficient (Wildman–Crippen LogP) is 4.28. The third-order valence-electron chi connectivity index (χ3n) is 6.24. The Hall–Kier alpha value is -2.25. The first-order chi connectivity index (χ1) is 15.0. The van der Waals surface area contributed by atoms with E-state index in [2.05, 4.69) is 4.90 Å². The van der Waals surface area contributed by atoms with Crippen LogP contribution in [0.15, 0.2) is 42.0 Å². The monoisotopic (exact) mass is 433 g/mol. The lowest BCUT2D eigenvalue weighted by Gasteiger charge is -2.29. The molecule has 31 heavy (non-hydrogen) atoms. The highest BCUT2D eigenvalue weighted by atomic mass is 19.2. The van der Waals surface area contributed by atoms with Gasteiger partial charge in [0, 0.05) is 31.7 Å². The van der Waals surface area contributed by atoms with Crippen LogP contribution in [0.25, 0.3) is 0 Å². The predicted molar refractivity (Wildman–Crippen MR) is 112 cm³/mol. The number of allylic oxidation sites excluding steroid dienone is 4. The third-order valence-corrected chi connectivity index (χ3v) is 6.24. The van der Waals surface area contributed by atoms with Gasteiger partial charge >= 0.3 is 0 Å². The number of aliphatic hydroxyl groups is 1. The Balaban J connectivity index is 1.45. The van der Waals surface area contributed by atoms with E-state index >= 15 is 0 Å². The van der Waals surface area contributed by atoms with E-state index in [1.54, 1.807) is 18.2 Å². The van der Waals surface area contributed by atoms with Crippen molar-refractivity contribution in [3.63, 3.8) is 0 Å². The van der Waals surface area contributed by atoms with Gasteiger partial charge in [0.1, 0.15) is 24.8 Å². The highest BCUT2D eigenvalue weighted by molar-refractivity contribution is 5.79. The van der Waals surface area contributed by atoms with E-state index in [1.165, 1.54) is 0 Å². The molecule has 1 saturated heterocycles. The van der Waals surface area contributed by atoms with Crippen molar-refractivity contribution in [3.8, 4) is 11.5 Å². The maximum atomic E-state index is 13.6. The number of benzene rings is 1. The van der Waals surface area contributed by atoms with Crippen LogP contribution in [0, 0.1) is 11.8 Å². The summed E-state index contributed by atoms with van der Waals surface area (Å²) >= 11 is 0. The Bertz CT molecular complexity index is 863. The van der Waals surface area contributed by atoms with Crippen LogP contribution in [0.2, 0.25) is 0 Å². The summed E-state index contributed by atoms with van der Waals surface area (Å²) < 4.78 is 38.0. The summed E-state index contributed by atoms with van der Waals surface area (Å²) in [5, 5.41) is 11.2. The van der Waals surface area contributed by atoms with Crippen molar-refractivity contribution in [1.82, 2.24) is 4.90 Å². The van der Waals surface area contributed by atoms with Gasteiger partial charge in [-0.25, -0.2) is 8.78 Å². The summed E-state index contributed by atoms with van der Waals surface area (Å²) in [7, 11) is 0. The lowest BCUT2D eigenvalue weighted by atomic mass is 9.86. The van der Waals surface area contributed by atoms with Gasteiger partial charge in [0.2, 0.25) is 0 Å². The summed E-state index contributed by atoms with van der Waals surface area (Å²) in [6.45, 7) is 3.49. The Morgan fingerprint density at radius 1 is 1.16 bits per heavy atom. The average molecular weight is 433 g/mol. The lowest BCUT2D eigenvalue weighted by molar-refractivity contribution is -0.121. The van der Waals surface area contributed by atoms with Gasteiger partial charge in [-0.2, -0.15) is 0 Å². The molecule has 1 aromatic rings. The van der Waals surface area contributed by atoms with Gasteiger partial charge in [0.25, 0.3) is 0 Å². The molecule has 0 bridgehead atoms. The van der Waals surface area contributed by atoms with Crippen LogP contribution in [-0.2, 0) is 4.79 Å². The standard InChI is InChI=1S/C24H29F2NO4/c25-20-5-3-16(12-21(20)26)11-19(28)13-18(15-27-7-1-2-8-27)24(29)17-4-6-22-23(14-17)31-10-9-30-22/h3-6,14,16,18,24,29H,1-2,7-13,15H2. The number of halogens is 2. The Morgan fingerprint density at radius 2 is 1.90 bits per heavy atom. The number of carbonyl (C=O) groups is 1. The number of Topliss-reactive ketones (excluding diaryl/α,β-unsaturated/α-hetero) is 1. The zero-order valence-electron chi connectivity index (χ0n) is 17.6. The molecule has 3 unspecified atom stereocenters. The molecule has 0 saturated carbocycles. The molecule has 2 heterocycles. The topological polar surface area (TPSA) is 59.0 Å². The first-order valence-electron chi connectivity index (χ1n) is 11.0. The highest BCUT2D eigenvalue weighted by Crippen LogP contribution is 2.36. The number of likely N-dealkylation sites (tertiary alicyclic amines) is 1. The number of ketones is 1. The van der Waals surface area contributed by atoms with Crippen LogP contribution in [0.4, 0.5) is 8.78 Å². The molecule has 0 aromatic heterocycles. The first-order valence-corrected chi connectivity index (χ1v) is 11.0. The van der Waals surface area contributed by atoms with E-state index in [-0.39, 0.29) is 36.9 Å². The molecule has 1 aliphatic carbocycles. The van der Waals surface area contributed by atoms with E-state index in [0.717, 1.165) is 32.0 Å². The molecule has 3 atom stereocenters. The van der Waals surface area contributed by atoms with Crippen LogP contribution in [-0.4, -0.2) is 48.6 Å². The summed E-state index contributed by atoms with van der Waals surface area (Å²) in [4.78, 5) is 15.1. The van der Waals surface area contributed by atoms with Gasteiger partial charge in [0.15, 0.2) is 17.3 Å². The normalized spacial score (nSPS) is 23.1. The molecule has 1 aromatic carbocycles. The van der Waals surface area contributed by atoms with Crippen molar-refractivity contribution in [3.05, 3.63) is 47.6 Å². The van der Waals surface area contributed by atoms with Crippen LogP contribution in [0.5, 0.6) is 11.5 Å². The number of hydrogen-bond donors (Lipinski definition) is 1. The third kappa shape index (κ3) is 5.52. The molecule has 168 valence electrons. The lowest BCUT2D eigenvalue weighted by Crippen LogP contribution is -2.32. The Kier molecular flexibility index (Phi) is 7.02. The van der Waals surface area contributed by atoms with Crippen molar-refractivity contribution >= 4 is 5.78 Å². The Labute approximate surface area is 181 Å². The fourth-order valence-electron chi connectivity index (χ4n) is 4.60. The molecular weight excluding hydrogens is 404 g/mol. The number of carbonyl (C=O) groups excluding carboxylic acids is 1. The van der Waals surface area contributed by atoms with E-state index in [0.29, 0.717) is 36.8 Å². The highest BCUT2D eigenvalue weighted by Gasteiger charge is 2.29. The van der Waals surface area contributed by atoms with Crippen molar-refractivity contribution < 1.29 is 28.2 Å². The van der Waals surface area contributed by atoms with Gasteiger partial charge < -0.3 is 19.5 Å². The summed E-state index contributed by atoms with van der Waals surface area (Å²) in [6.07, 6.45) is 4.29. The summed E-state index contributed by atoms with van der Waals surface area (Å²) in [5.41, 5.74) is 0.690. The quantitative estimate of drug-likeness (QED) is 0.663. The van der Waals surface area contributed by atoms with Gasteiger partial charge in [-0.1, -0.05) is 12.1 Å². The van der Waals surface area contributed by atoms with Gasteiger partial charge in [0.05, 0.1) is 6.10 Å². The van der Waals surface area contributed by atoms with Gasteiger partial charge in [-0.15, -0.1) is 0 Å².